The summed E-state index contributed by atoms with van der Waals surface area (Å²) in [6, 6.07) is 10.6. The van der Waals surface area contributed by atoms with Gasteiger partial charge in [0.25, 0.3) is 5.56 Å². The lowest BCUT2D eigenvalue weighted by Crippen LogP contribution is -2.42. The molecule has 0 amide bonds. The molecule has 0 aliphatic heterocycles. The van der Waals surface area contributed by atoms with Gasteiger partial charge in [0.2, 0.25) is 10.0 Å². The number of nitrogens with zero attached hydrogens (tertiary/aromatic N) is 1. The first-order valence-corrected chi connectivity index (χ1v) is 13.2. The highest BCUT2D eigenvalue weighted by Crippen LogP contribution is 2.32. The lowest BCUT2D eigenvalue weighted by atomic mass is 9.95. The van der Waals surface area contributed by atoms with Crippen LogP contribution >= 0.6 is 0 Å². The molecule has 192 valence electrons. The van der Waals surface area contributed by atoms with Crippen LogP contribution in [0.4, 0.5) is 0 Å². The van der Waals surface area contributed by atoms with Crippen molar-refractivity contribution in [3.05, 3.63) is 63.9 Å². The molecule has 0 bridgehead atoms. The minimum absolute atomic E-state index is 0.0596. The van der Waals surface area contributed by atoms with E-state index >= 15 is 0 Å². The van der Waals surface area contributed by atoms with E-state index in [1.807, 2.05) is 0 Å². The summed E-state index contributed by atoms with van der Waals surface area (Å²) in [6.07, 6.45) is 4.33. The van der Waals surface area contributed by atoms with E-state index < -0.39 is 16.0 Å². The number of aromatic amines is 1. The summed E-state index contributed by atoms with van der Waals surface area (Å²) in [7, 11) is 0.352. The predicted octanol–water partition coefficient (Wildman–Crippen LogP) is 3.86. The van der Waals surface area contributed by atoms with Crippen LogP contribution in [0.1, 0.15) is 48.0 Å². The van der Waals surface area contributed by atoms with Crippen LogP contribution in [0.3, 0.4) is 0 Å². The monoisotopic (exact) mass is 514 g/mol. The van der Waals surface area contributed by atoms with E-state index in [2.05, 4.69) is 4.98 Å². The maximum Gasteiger partial charge on any atom is 0.337 e. The number of nitrogens with one attached hydrogen (secondary N) is 1. The normalized spacial score (nSPS) is 14.7. The molecule has 3 aromatic rings. The number of hydrogen-bond acceptors (Lipinski definition) is 7. The van der Waals surface area contributed by atoms with E-state index in [1.54, 1.807) is 18.2 Å². The van der Waals surface area contributed by atoms with Crippen molar-refractivity contribution >= 4 is 26.9 Å². The highest BCUT2D eigenvalue weighted by atomic mass is 32.2. The second-order valence-electron chi connectivity index (χ2n) is 8.78. The number of methoxy groups -OCH3 is 3. The molecule has 0 saturated heterocycles. The average molecular weight is 515 g/mol. The van der Waals surface area contributed by atoms with E-state index in [-0.39, 0.29) is 28.6 Å². The summed E-state index contributed by atoms with van der Waals surface area (Å²) in [4.78, 5) is 27.7. The summed E-state index contributed by atoms with van der Waals surface area (Å²) >= 11 is 0. The minimum Gasteiger partial charge on any atom is -0.493 e. The second-order valence-corrected chi connectivity index (χ2v) is 10.7. The van der Waals surface area contributed by atoms with Crippen LogP contribution < -0.4 is 15.0 Å². The van der Waals surface area contributed by atoms with Gasteiger partial charge in [0.1, 0.15) is 0 Å². The van der Waals surface area contributed by atoms with Crippen LogP contribution in [0.15, 0.2) is 52.2 Å². The summed E-state index contributed by atoms with van der Waals surface area (Å²) < 4.78 is 44.4. The first-order valence-electron chi connectivity index (χ1n) is 11.8. The number of aromatic nitrogens is 1. The zero-order chi connectivity index (χ0) is 25.9. The molecule has 1 aliphatic carbocycles. The maximum absolute atomic E-state index is 13.8. The second kappa shape index (κ2) is 10.7. The van der Waals surface area contributed by atoms with Crippen LogP contribution in [-0.4, -0.2) is 51.0 Å². The number of rotatable bonds is 8. The van der Waals surface area contributed by atoms with Gasteiger partial charge in [-0.1, -0.05) is 19.3 Å². The third-order valence-electron chi connectivity index (χ3n) is 6.62. The number of carbonyl (C=O) groups excluding carboxylic acids is 1. The molecule has 0 unspecified atom stereocenters. The van der Waals surface area contributed by atoms with Crippen molar-refractivity contribution in [3.63, 3.8) is 0 Å². The van der Waals surface area contributed by atoms with Crippen LogP contribution in [-0.2, 0) is 21.3 Å². The molecule has 4 rings (SSSR count). The summed E-state index contributed by atoms with van der Waals surface area (Å²) in [6.45, 7) is -0.0780. The van der Waals surface area contributed by atoms with Gasteiger partial charge in [0.05, 0.1) is 37.3 Å². The molecule has 0 radical (unpaired) electrons. The number of pyridine rings is 1. The Kier molecular flexibility index (Phi) is 7.65. The van der Waals surface area contributed by atoms with E-state index in [4.69, 9.17) is 14.2 Å². The highest BCUT2D eigenvalue weighted by Gasteiger charge is 2.33. The molecule has 2 aromatic carbocycles. The van der Waals surface area contributed by atoms with Gasteiger partial charge in [-0.3, -0.25) is 4.79 Å². The van der Waals surface area contributed by atoms with Crippen molar-refractivity contribution in [2.24, 2.45) is 0 Å². The number of benzene rings is 2. The standard InChI is InChI=1S/C26H30N2O7S/c1-33-23-14-18-13-19(25(29)27-22(18)15-24(23)34-2)16-28(20-7-5-4-6-8-20)36(31,32)21-11-9-17(10-12-21)26(30)35-3/h9-15,20H,4-8,16H2,1-3H3,(H,27,29). The summed E-state index contributed by atoms with van der Waals surface area (Å²) in [5.74, 6) is 0.443. The molecule has 0 spiro atoms. The summed E-state index contributed by atoms with van der Waals surface area (Å²) in [5.41, 5.74) is 0.782. The van der Waals surface area contributed by atoms with Crippen molar-refractivity contribution in [1.29, 1.82) is 0 Å². The molecule has 1 N–H and O–H groups in total. The lowest BCUT2D eigenvalue weighted by Gasteiger charge is -2.33. The lowest BCUT2D eigenvalue weighted by molar-refractivity contribution is 0.0600. The molecule has 9 nitrogen and oxygen atoms in total. The Balaban J connectivity index is 1.75. The van der Waals surface area contributed by atoms with Crippen LogP contribution in [0, 0.1) is 0 Å². The van der Waals surface area contributed by atoms with Gasteiger partial charge >= 0.3 is 5.97 Å². The van der Waals surface area contributed by atoms with Crippen LogP contribution in [0.2, 0.25) is 0 Å². The SMILES string of the molecule is COC(=O)c1ccc(S(=O)(=O)N(Cc2cc3cc(OC)c(OC)cc3[nH]c2=O)C2CCCCC2)cc1. The van der Waals surface area contributed by atoms with Gasteiger partial charge in [-0.2, -0.15) is 4.31 Å². The fourth-order valence-electron chi connectivity index (χ4n) is 4.66. The van der Waals surface area contributed by atoms with Gasteiger partial charge in [0, 0.05) is 29.6 Å². The number of fused-ring (bicyclic) bond motifs is 1. The van der Waals surface area contributed by atoms with Crippen molar-refractivity contribution in [3.8, 4) is 11.5 Å². The van der Waals surface area contributed by atoms with E-state index in [0.717, 1.165) is 32.1 Å². The highest BCUT2D eigenvalue weighted by molar-refractivity contribution is 7.89. The van der Waals surface area contributed by atoms with Crippen molar-refractivity contribution in [1.82, 2.24) is 9.29 Å². The van der Waals surface area contributed by atoms with Crippen molar-refractivity contribution in [2.45, 2.75) is 49.6 Å². The maximum atomic E-state index is 13.8. The molecule has 1 aromatic heterocycles. The quantitative estimate of drug-likeness (QED) is 0.454. The Morgan fingerprint density at radius 2 is 1.61 bits per heavy atom. The first-order chi connectivity index (χ1) is 17.3. The summed E-state index contributed by atoms with van der Waals surface area (Å²) in [5, 5.41) is 0.700. The molecular formula is C26H30N2O7S. The number of H-pyrrole nitrogens is 1. The third-order valence-corrected chi connectivity index (χ3v) is 8.53. The number of esters is 1. The Bertz CT molecular complexity index is 1410. The fourth-order valence-corrected chi connectivity index (χ4v) is 6.32. The molecule has 1 aliphatic rings. The Morgan fingerprint density at radius 3 is 2.22 bits per heavy atom. The first kappa shape index (κ1) is 25.7. The van der Waals surface area contributed by atoms with E-state index in [0.29, 0.717) is 28.0 Å². The fraction of sp³-hybridized carbons (Fsp3) is 0.385. The predicted molar refractivity (Wildman–Crippen MR) is 135 cm³/mol. The molecule has 1 fully saturated rings. The molecule has 1 heterocycles. The average Bonchev–Trinajstić information content (AvgIpc) is 2.91. The van der Waals surface area contributed by atoms with Crippen LogP contribution in [0.25, 0.3) is 10.9 Å². The zero-order valence-corrected chi connectivity index (χ0v) is 21.4. The van der Waals surface area contributed by atoms with Gasteiger partial charge < -0.3 is 19.2 Å². The van der Waals surface area contributed by atoms with Gasteiger partial charge in [-0.05, 0) is 49.2 Å². The van der Waals surface area contributed by atoms with Crippen molar-refractivity contribution in [2.75, 3.05) is 21.3 Å². The van der Waals surface area contributed by atoms with Crippen LogP contribution in [0.5, 0.6) is 11.5 Å². The van der Waals surface area contributed by atoms with Gasteiger partial charge in [-0.15, -0.1) is 0 Å². The largest absolute Gasteiger partial charge is 0.493 e. The van der Waals surface area contributed by atoms with Crippen molar-refractivity contribution < 1.29 is 27.4 Å². The topological polar surface area (TPSA) is 115 Å². The Labute approximate surface area is 210 Å². The number of ether oxygens (including phenoxy) is 3. The third kappa shape index (κ3) is 5.10. The number of hydrogen-bond donors (Lipinski definition) is 1. The van der Waals surface area contributed by atoms with E-state index in [1.165, 1.54) is 49.9 Å². The number of carbonyl (C=O) groups is 1. The van der Waals surface area contributed by atoms with Gasteiger partial charge in [0.15, 0.2) is 11.5 Å². The molecule has 10 heteroatoms. The minimum atomic E-state index is -3.96. The smallest absolute Gasteiger partial charge is 0.337 e. The van der Waals surface area contributed by atoms with E-state index in [9.17, 15) is 18.0 Å². The molecule has 36 heavy (non-hydrogen) atoms. The Hall–Kier alpha value is -3.37. The Morgan fingerprint density at radius 1 is 0.972 bits per heavy atom. The number of sulfonamides is 1. The molecule has 1 saturated carbocycles. The van der Waals surface area contributed by atoms with Gasteiger partial charge in [-0.25, -0.2) is 13.2 Å². The molecule has 0 atom stereocenters. The molecular weight excluding hydrogens is 484 g/mol. The zero-order valence-electron chi connectivity index (χ0n) is 20.6.